The zero-order valence-electron chi connectivity index (χ0n) is 20.4. The molecule has 1 heterocycles. The second-order valence-electron chi connectivity index (χ2n) is 11.1. The van der Waals surface area contributed by atoms with Crippen molar-refractivity contribution in [3.63, 3.8) is 0 Å². The number of aryl methyl sites for hydroxylation is 2. The lowest BCUT2D eigenvalue weighted by molar-refractivity contribution is 0.521. The van der Waals surface area contributed by atoms with Gasteiger partial charge in [0.05, 0.1) is 16.1 Å². The molecule has 0 atom stereocenters. The Kier molecular flexibility index (Phi) is 5.55. The summed E-state index contributed by atoms with van der Waals surface area (Å²) in [7, 11) is -2.86. The van der Waals surface area contributed by atoms with Gasteiger partial charge in [-0.2, -0.15) is 0 Å². The number of hydrogen-bond acceptors (Lipinski definition) is 1. The van der Waals surface area contributed by atoms with Gasteiger partial charge in [-0.25, -0.2) is 0 Å². The van der Waals surface area contributed by atoms with Crippen molar-refractivity contribution < 1.29 is 4.42 Å². The summed E-state index contributed by atoms with van der Waals surface area (Å²) < 4.78 is 5.97. The Morgan fingerprint density at radius 1 is 0.839 bits per heavy atom. The molecule has 4 rings (SSSR count). The second kappa shape index (κ2) is 7.79. The van der Waals surface area contributed by atoms with Gasteiger partial charge in [0.1, 0.15) is 11.5 Å². The van der Waals surface area contributed by atoms with Gasteiger partial charge in [-0.3, -0.25) is 0 Å². The van der Waals surface area contributed by atoms with Crippen LogP contribution >= 0.6 is 0 Å². The van der Waals surface area contributed by atoms with Crippen molar-refractivity contribution in [1.82, 2.24) is 0 Å². The van der Waals surface area contributed by atoms with E-state index in [1.165, 1.54) is 33.4 Å². The number of fused-ring (bicyclic) bond motifs is 1. The van der Waals surface area contributed by atoms with Gasteiger partial charge in [-0.05, 0) is 64.9 Å². The minimum Gasteiger partial charge on any atom is -0.462 e. The maximum absolute atomic E-state index is 5.97. The van der Waals surface area contributed by atoms with E-state index in [0.29, 0.717) is 0 Å². The molecule has 1 aromatic heterocycles. The molecule has 0 bridgehead atoms. The average Bonchev–Trinajstić information content (AvgIpc) is 3.31. The lowest BCUT2D eigenvalue weighted by Crippen LogP contribution is -2.45. The fourth-order valence-corrected chi connectivity index (χ4v) is 6.99. The monoisotopic (exact) mass is 444 g/mol. The summed E-state index contributed by atoms with van der Waals surface area (Å²) >= 11 is 0. The lowest BCUT2D eigenvalue weighted by Gasteiger charge is -2.25. The third kappa shape index (κ3) is 4.31. The highest BCUT2D eigenvalue weighted by molar-refractivity contribution is 6.91. The van der Waals surface area contributed by atoms with Crippen molar-refractivity contribution in [2.75, 3.05) is 0 Å². The zero-order valence-corrected chi connectivity index (χ0v) is 22.4. The predicted octanol–water partition coefficient (Wildman–Crippen LogP) is 7.00. The van der Waals surface area contributed by atoms with Crippen LogP contribution in [-0.4, -0.2) is 16.1 Å². The first-order valence-electron chi connectivity index (χ1n) is 11.6. The second-order valence-corrected chi connectivity index (χ2v) is 21.2. The number of furan rings is 1. The molecule has 3 heteroatoms. The predicted molar refractivity (Wildman–Crippen MR) is 142 cm³/mol. The molecular weight excluding hydrogens is 408 g/mol. The molecule has 0 N–H and O–H groups in total. The molecule has 1 aliphatic carbocycles. The molecule has 0 saturated carbocycles. The van der Waals surface area contributed by atoms with Gasteiger partial charge < -0.3 is 4.42 Å². The fraction of sp³-hybridized carbons (Fsp3) is 0.357. The Morgan fingerprint density at radius 3 is 2.00 bits per heavy atom. The van der Waals surface area contributed by atoms with Crippen LogP contribution in [-0.2, 0) is 12.8 Å². The smallest absolute Gasteiger partial charge is 0.130 e. The van der Waals surface area contributed by atoms with Crippen molar-refractivity contribution in [3.8, 4) is 11.1 Å². The molecule has 2 aromatic carbocycles. The largest absolute Gasteiger partial charge is 0.462 e. The van der Waals surface area contributed by atoms with E-state index in [1.807, 2.05) is 6.92 Å². The van der Waals surface area contributed by atoms with Gasteiger partial charge in [0.2, 0.25) is 0 Å². The molecule has 0 aliphatic heterocycles. The molecule has 0 fully saturated rings. The van der Waals surface area contributed by atoms with Gasteiger partial charge >= 0.3 is 0 Å². The molecule has 0 saturated heterocycles. The highest BCUT2D eigenvalue weighted by Crippen LogP contribution is 2.40. The van der Waals surface area contributed by atoms with E-state index in [2.05, 4.69) is 94.7 Å². The summed E-state index contributed by atoms with van der Waals surface area (Å²) in [4.78, 5) is 0. The molecule has 0 unspecified atom stereocenters. The summed E-state index contributed by atoms with van der Waals surface area (Å²) in [5.74, 6) is 1.99. The molecule has 1 aliphatic rings. The van der Waals surface area contributed by atoms with Crippen molar-refractivity contribution in [2.24, 2.45) is 0 Å². The third-order valence-electron chi connectivity index (χ3n) is 6.51. The maximum Gasteiger partial charge on any atom is 0.130 e. The highest BCUT2D eigenvalue weighted by Gasteiger charge is 2.26. The van der Waals surface area contributed by atoms with Gasteiger partial charge in [-0.15, -0.1) is 0 Å². The summed E-state index contributed by atoms with van der Waals surface area (Å²) in [6.45, 7) is 19.1. The van der Waals surface area contributed by atoms with Crippen LogP contribution in [0, 0.1) is 6.92 Å². The number of rotatable bonds is 5. The van der Waals surface area contributed by atoms with Crippen molar-refractivity contribution in [3.05, 3.63) is 70.7 Å². The minimum absolute atomic E-state index is 0.952. The lowest BCUT2D eigenvalue weighted by atomic mass is 9.91. The average molecular weight is 445 g/mol. The zero-order chi connectivity index (χ0) is 22.6. The Bertz CT molecular complexity index is 1130. The third-order valence-corrected chi connectivity index (χ3v) is 10.6. The molecule has 0 spiro atoms. The number of hydrogen-bond donors (Lipinski definition) is 0. The van der Waals surface area contributed by atoms with Gasteiger partial charge in [0.25, 0.3) is 0 Å². The van der Waals surface area contributed by atoms with Gasteiger partial charge in [-0.1, -0.05) is 86.9 Å². The maximum atomic E-state index is 5.97. The number of allylic oxidation sites excluding steroid dienone is 1. The SMILES string of the molecule is CCc1ccc2c(c1-c1cc([Si](C)(C)C)cc([Si](C)(C)C)c1)C=C(c1ccc(C)o1)C2. The molecule has 0 radical (unpaired) electrons. The molecule has 162 valence electrons. The van der Waals surface area contributed by atoms with Crippen LogP contribution in [0.2, 0.25) is 39.3 Å². The van der Waals surface area contributed by atoms with Crippen molar-refractivity contribution in [2.45, 2.75) is 66.0 Å². The molecule has 3 aromatic rings. The minimum atomic E-state index is -1.43. The van der Waals surface area contributed by atoms with E-state index in [0.717, 1.165) is 24.4 Å². The van der Waals surface area contributed by atoms with E-state index in [-0.39, 0.29) is 0 Å². The first-order valence-corrected chi connectivity index (χ1v) is 18.6. The van der Waals surface area contributed by atoms with Crippen LogP contribution in [0.3, 0.4) is 0 Å². The Hall–Kier alpha value is -2.11. The van der Waals surface area contributed by atoms with E-state index in [4.69, 9.17) is 4.42 Å². The molecular formula is C28H36OSi2. The van der Waals surface area contributed by atoms with E-state index in [9.17, 15) is 0 Å². The summed E-state index contributed by atoms with van der Waals surface area (Å²) in [6, 6.07) is 16.4. The fourth-order valence-electron chi connectivity index (χ4n) is 4.50. The van der Waals surface area contributed by atoms with Crippen molar-refractivity contribution in [1.29, 1.82) is 0 Å². The summed E-state index contributed by atoms with van der Waals surface area (Å²) in [5, 5.41) is 3.15. The van der Waals surface area contributed by atoms with Crippen LogP contribution in [0.25, 0.3) is 22.8 Å². The Balaban J connectivity index is 1.95. The summed E-state index contributed by atoms with van der Waals surface area (Å²) in [6.07, 6.45) is 4.39. The van der Waals surface area contributed by atoms with Crippen LogP contribution in [0.4, 0.5) is 0 Å². The van der Waals surface area contributed by atoms with Gasteiger partial charge in [0.15, 0.2) is 0 Å². The number of benzene rings is 2. The Morgan fingerprint density at radius 2 is 1.48 bits per heavy atom. The highest BCUT2D eigenvalue weighted by atomic mass is 28.3. The topological polar surface area (TPSA) is 13.1 Å². The van der Waals surface area contributed by atoms with Crippen LogP contribution in [0.15, 0.2) is 46.9 Å². The molecule has 1 nitrogen and oxygen atoms in total. The van der Waals surface area contributed by atoms with Crippen LogP contribution < -0.4 is 10.4 Å². The van der Waals surface area contributed by atoms with E-state index >= 15 is 0 Å². The molecule has 0 amide bonds. The van der Waals surface area contributed by atoms with E-state index < -0.39 is 16.1 Å². The summed E-state index contributed by atoms with van der Waals surface area (Å²) in [5.41, 5.74) is 8.42. The van der Waals surface area contributed by atoms with Crippen LogP contribution in [0.1, 0.15) is 35.1 Å². The molecule has 31 heavy (non-hydrogen) atoms. The van der Waals surface area contributed by atoms with Crippen LogP contribution in [0.5, 0.6) is 0 Å². The van der Waals surface area contributed by atoms with Gasteiger partial charge in [0, 0.05) is 6.42 Å². The Labute approximate surface area is 190 Å². The van der Waals surface area contributed by atoms with E-state index in [1.54, 1.807) is 10.4 Å². The quantitative estimate of drug-likeness (QED) is 0.386. The first kappa shape index (κ1) is 22.1. The first-order chi connectivity index (χ1) is 14.5. The standard InChI is InChI=1S/C28H36OSi2/c1-9-20-11-12-21-14-22(27-13-10-19(2)29-27)17-26(21)28(20)23-15-24(30(3,4)5)18-25(16-23)31(6,7)8/h10-13,15-18H,9,14H2,1-8H3. The van der Waals surface area contributed by atoms with Crippen molar-refractivity contribution >= 4 is 38.2 Å². The normalized spacial score (nSPS) is 14.0.